The largest absolute Gasteiger partial charge is 0.472 e. The Morgan fingerprint density at radius 1 is 1.18 bits per heavy atom. The van der Waals surface area contributed by atoms with Crippen LogP contribution in [0, 0.1) is 0 Å². The summed E-state index contributed by atoms with van der Waals surface area (Å²) in [5, 5.41) is 23.9. The molecule has 6 N–H and O–H groups in total. The Labute approximate surface area is 125 Å². The number of carbonyl (C=O) groups is 2. The van der Waals surface area contributed by atoms with Crippen molar-refractivity contribution in [3.63, 3.8) is 0 Å². The molecule has 1 aliphatic rings. The van der Waals surface area contributed by atoms with E-state index in [9.17, 15) is 19.3 Å². The van der Waals surface area contributed by atoms with Crippen LogP contribution in [0.1, 0.15) is 13.8 Å². The molecule has 22 heavy (non-hydrogen) atoms. The minimum atomic E-state index is -4.98. The summed E-state index contributed by atoms with van der Waals surface area (Å²) in [4.78, 5) is 40.3. The molecule has 0 aliphatic carbocycles. The lowest BCUT2D eigenvalue weighted by Crippen LogP contribution is -2.69. The second kappa shape index (κ2) is 7.47. The molecule has 5 atom stereocenters. The maximum absolute atomic E-state index is 11.3. The second-order valence-corrected chi connectivity index (χ2v) is 5.96. The minimum absolute atomic E-state index is 0.562. The van der Waals surface area contributed by atoms with Crippen molar-refractivity contribution < 1.29 is 43.4 Å². The number of hydrogen-bond donors (Lipinski definition) is 6. The Kier molecular flexibility index (Phi) is 6.44. The molecular weight excluding hydrogens is 323 g/mol. The van der Waals surface area contributed by atoms with E-state index in [2.05, 4.69) is 15.2 Å². The standard InChI is InChI=1S/C10H19N2O9P/c1-4(14)11-7-8(12-5(2)15)10(21-22(17,18)19)20-6(3-13)9(7)16/h6-10,13,16H,3H2,1-2H3,(H,11,14)(H,12,15)(H2,17,18,19)/t6-,7-,8-,9-,10-/m1/s1. The van der Waals surface area contributed by atoms with Crippen molar-refractivity contribution in [2.75, 3.05) is 6.61 Å². The molecule has 1 rings (SSSR count). The van der Waals surface area contributed by atoms with Gasteiger partial charge in [-0.2, -0.15) is 0 Å². The molecule has 2 amide bonds. The topological polar surface area (TPSA) is 175 Å². The number of aliphatic hydroxyl groups is 2. The fourth-order valence-corrected chi connectivity index (χ4v) is 2.58. The molecule has 11 nitrogen and oxygen atoms in total. The third-order valence-electron chi connectivity index (χ3n) is 2.90. The summed E-state index contributed by atoms with van der Waals surface area (Å²) in [6, 6.07) is -2.45. The summed E-state index contributed by atoms with van der Waals surface area (Å²) in [6.07, 6.45) is -4.37. The minimum Gasteiger partial charge on any atom is -0.394 e. The summed E-state index contributed by atoms with van der Waals surface area (Å²) in [5.41, 5.74) is 0. The van der Waals surface area contributed by atoms with Crippen molar-refractivity contribution in [1.82, 2.24) is 10.6 Å². The number of aliphatic hydroxyl groups excluding tert-OH is 2. The fraction of sp³-hybridized carbons (Fsp3) is 0.800. The van der Waals surface area contributed by atoms with Crippen molar-refractivity contribution in [3.05, 3.63) is 0 Å². The first-order valence-electron chi connectivity index (χ1n) is 6.27. The molecule has 1 aliphatic heterocycles. The van der Waals surface area contributed by atoms with E-state index in [0.29, 0.717) is 0 Å². The third-order valence-corrected chi connectivity index (χ3v) is 3.38. The SMILES string of the molecule is CC(=O)N[C@H]1[C@@H](OP(=O)(O)O)O[C@H](CO)[C@@H](O)[C@@H]1NC(C)=O. The van der Waals surface area contributed by atoms with Crippen LogP contribution in [0.5, 0.6) is 0 Å². The molecule has 1 saturated heterocycles. The number of hydrogen-bond acceptors (Lipinski definition) is 7. The van der Waals surface area contributed by atoms with Gasteiger partial charge >= 0.3 is 7.82 Å². The Morgan fingerprint density at radius 3 is 2.09 bits per heavy atom. The first kappa shape index (κ1) is 19.0. The van der Waals surface area contributed by atoms with E-state index in [1.165, 1.54) is 0 Å². The molecule has 0 bridgehead atoms. The number of phosphoric ester groups is 1. The van der Waals surface area contributed by atoms with Gasteiger partial charge in [0.2, 0.25) is 11.8 Å². The Bertz CT molecular complexity index is 467. The summed E-state index contributed by atoms with van der Waals surface area (Å²) in [7, 11) is -4.98. The van der Waals surface area contributed by atoms with E-state index in [-0.39, 0.29) is 0 Å². The molecule has 0 radical (unpaired) electrons. The highest BCUT2D eigenvalue weighted by Gasteiger charge is 2.48. The van der Waals surface area contributed by atoms with Gasteiger partial charge in [0.05, 0.1) is 12.6 Å². The van der Waals surface area contributed by atoms with Crippen LogP contribution < -0.4 is 10.6 Å². The summed E-state index contributed by atoms with van der Waals surface area (Å²) in [6.45, 7) is 1.59. The van der Waals surface area contributed by atoms with Gasteiger partial charge in [-0.3, -0.25) is 14.1 Å². The van der Waals surface area contributed by atoms with Gasteiger partial charge in [-0.15, -0.1) is 0 Å². The van der Waals surface area contributed by atoms with Gasteiger partial charge in [0, 0.05) is 13.8 Å². The molecule has 1 fully saturated rings. The second-order valence-electron chi connectivity index (χ2n) is 4.76. The van der Waals surface area contributed by atoms with E-state index >= 15 is 0 Å². The Morgan fingerprint density at radius 2 is 1.68 bits per heavy atom. The monoisotopic (exact) mass is 342 g/mol. The number of nitrogens with one attached hydrogen (secondary N) is 2. The highest BCUT2D eigenvalue weighted by Crippen LogP contribution is 2.40. The van der Waals surface area contributed by atoms with Crippen LogP contribution in [0.2, 0.25) is 0 Å². The van der Waals surface area contributed by atoms with Gasteiger partial charge in [0.15, 0.2) is 6.29 Å². The summed E-state index contributed by atoms with van der Waals surface area (Å²) < 4.78 is 20.5. The van der Waals surface area contributed by atoms with Crippen LogP contribution in [-0.4, -0.2) is 69.0 Å². The smallest absolute Gasteiger partial charge is 0.394 e. The van der Waals surface area contributed by atoms with Crippen LogP contribution in [-0.2, 0) is 23.4 Å². The van der Waals surface area contributed by atoms with Gasteiger partial charge in [-0.1, -0.05) is 0 Å². The van der Waals surface area contributed by atoms with Crippen LogP contribution in [0.15, 0.2) is 0 Å². The number of carbonyl (C=O) groups excluding carboxylic acids is 2. The van der Waals surface area contributed by atoms with Crippen LogP contribution in [0.3, 0.4) is 0 Å². The zero-order chi connectivity index (χ0) is 17.1. The van der Waals surface area contributed by atoms with E-state index in [0.717, 1.165) is 13.8 Å². The van der Waals surface area contributed by atoms with E-state index in [1.807, 2.05) is 0 Å². The molecule has 128 valence electrons. The van der Waals surface area contributed by atoms with E-state index in [4.69, 9.17) is 19.6 Å². The average molecular weight is 342 g/mol. The first-order valence-corrected chi connectivity index (χ1v) is 7.80. The molecule has 1 heterocycles. The lowest BCUT2D eigenvalue weighted by molar-refractivity contribution is -0.224. The zero-order valence-electron chi connectivity index (χ0n) is 11.9. The first-order chi connectivity index (χ1) is 10.0. The highest BCUT2D eigenvalue weighted by molar-refractivity contribution is 7.46. The molecule has 0 spiro atoms. The van der Waals surface area contributed by atoms with Crippen LogP contribution in [0.25, 0.3) is 0 Å². The van der Waals surface area contributed by atoms with Crippen molar-refractivity contribution in [1.29, 1.82) is 0 Å². The number of ether oxygens (including phenoxy) is 1. The van der Waals surface area contributed by atoms with Gasteiger partial charge in [-0.25, -0.2) is 4.57 Å². The lowest BCUT2D eigenvalue weighted by atomic mass is 9.94. The highest BCUT2D eigenvalue weighted by atomic mass is 31.2. The maximum atomic E-state index is 11.3. The van der Waals surface area contributed by atoms with Crippen molar-refractivity contribution in [3.8, 4) is 0 Å². The zero-order valence-corrected chi connectivity index (χ0v) is 12.8. The number of amides is 2. The fourth-order valence-electron chi connectivity index (χ4n) is 2.13. The van der Waals surface area contributed by atoms with Gasteiger partial charge < -0.3 is 35.4 Å². The van der Waals surface area contributed by atoms with Crippen LogP contribution >= 0.6 is 7.82 Å². The van der Waals surface area contributed by atoms with Crippen LogP contribution in [0.4, 0.5) is 0 Å². The number of phosphoric acid groups is 1. The molecule has 0 aromatic carbocycles. The lowest BCUT2D eigenvalue weighted by Gasteiger charge is -2.44. The Balaban J connectivity index is 3.11. The quantitative estimate of drug-likeness (QED) is 0.288. The average Bonchev–Trinajstić information content (AvgIpc) is 2.34. The maximum Gasteiger partial charge on any atom is 0.472 e. The van der Waals surface area contributed by atoms with Gasteiger partial charge in [-0.05, 0) is 0 Å². The molecule has 0 unspecified atom stereocenters. The third kappa shape index (κ3) is 5.29. The van der Waals surface area contributed by atoms with Crippen molar-refractivity contribution in [2.24, 2.45) is 0 Å². The summed E-state index contributed by atoms with van der Waals surface area (Å²) >= 11 is 0. The molecular formula is C10H19N2O9P. The molecule has 12 heteroatoms. The predicted molar refractivity (Wildman–Crippen MR) is 70.1 cm³/mol. The number of rotatable bonds is 5. The van der Waals surface area contributed by atoms with Crippen molar-refractivity contribution >= 4 is 19.6 Å². The van der Waals surface area contributed by atoms with Crippen molar-refractivity contribution in [2.45, 2.75) is 44.4 Å². The summed E-state index contributed by atoms with van der Waals surface area (Å²) in [5.74, 6) is -1.16. The van der Waals surface area contributed by atoms with E-state index < -0.39 is 56.8 Å². The van der Waals surface area contributed by atoms with Gasteiger partial charge in [0.1, 0.15) is 18.2 Å². The Hall–Kier alpha value is -1.07. The normalized spacial score (nSPS) is 32.4. The van der Waals surface area contributed by atoms with E-state index in [1.54, 1.807) is 0 Å². The molecule has 0 aromatic rings. The molecule has 0 aromatic heterocycles. The predicted octanol–water partition coefficient (Wildman–Crippen LogP) is -2.82. The molecule has 0 saturated carbocycles. The van der Waals surface area contributed by atoms with Gasteiger partial charge in [0.25, 0.3) is 0 Å².